The van der Waals surface area contributed by atoms with E-state index in [1.54, 1.807) is 6.07 Å². The first-order chi connectivity index (χ1) is 12.7. The molecule has 1 aliphatic heterocycles. The third-order valence-corrected chi connectivity index (χ3v) is 4.83. The lowest BCUT2D eigenvalue weighted by Crippen LogP contribution is -2.45. The highest BCUT2D eigenvalue weighted by Gasteiger charge is 2.08. The summed E-state index contributed by atoms with van der Waals surface area (Å²) in [6.07, 6.45) is 0. The second kappa shape index (κ2) is 9.88. The van der Waals surface area contributed by atoms with E-state index in [0.29, 0.717) is 11.6 Å². The number of halogens is 2. The number of nitrogens with zero attached hydrogens (tertiary/aromatic N) is 1. The molecule has 26 heavy (non-hydrogen) atoms. The molecule has 140 valence electrons. The van der Waals surface area contributed by atoms with Gasteiger partial charge in [-0.15, -0.1) is 0 Å². The van der Waals surface area contributed by atoms with Crippen LogP contribution in [0.25, 0.3) is 0 Å². The molecule has 0 radical (unpaired) electrons. The number of hydrogen-bond donors (Lipinski definition) is 2. The summed E-state index contributed by atoms with van der Waals surface area (Å²) in [5, 5.41) is 7.23. The molecule has 4 nitrogen and oxygen atoms in total. The molecule has 6 heteroatoms. The molecule has 0 bridgehead atoms. The molecule has 1 saturated heterocycles. The lowest BCUT2D eigenvalue weighted by molar-refractivity contribution is 0.241. The SMILES string of the molecule is Fc1ccc(COc2ccc(CNCCN3CCNCC3)cc2)c(Cl)c1. The minimum Gasteiger partial charge on any atom is -0.489 e. The summed E-state index contributed by atoms with van der Waals surface area (Å²) in [6, 6.07) is 12.3. The Labute approximate surface area is 159 Å². The Morgan fingerprint density at radius 1 is 1.12 bits per heavy atom. The Kier molecular flexibility index (Phi) is 7.26. The molecule has 0 unspecified atom stereocenters. The van der Waals surface area contributed by atoms with Crippen molar-refractivity contribution in [1.82, 2.24) is 15.5 Å². The van der Waals surface area contributed by atoms with Gasteiger partial charge in [0, 0.05) is 51.4 Å². The van der Waals surface area contributed by atoms with Crippen LogP contribution in [0.2, 0.25) is 5.02 Å². The van der Waals surface area contributed by atoms with Crippen LogP contribution in [0, 0.1) is 5.82 Å². The van der Waals surface area contributed by atoms with Gasteiger partial charge in [-0.05, 0) is 29.8 Å². The molecule has 3 rings (SSSR count). The molecule has 0 atom stereocenters. The molecule has 1 aliphatic rings. The zero-order valence-electron chi connectivity index (χ0n) is 14.8. The van der Waals surface area contributed by atoms with Crippen molar-refractivity contribution in [1.29, 1.82) is 0 Å². The van der Waals surface area contributed by atoms with Crippen LogP contribution in [0.5, 0.6) is 5.75 Å². The molecule has 0 aliphatic carbocycles. The Hall–Kier alpha value is -1.66. The van der Waals surface area contributed by atoms with Crippen molar-refractivity contribution in [3.63, 3.8) is 0 Å². The Balaban J connectivity index is 1.38. The second-order valence-corrected chi connectivity index (χ2v) is 6.84. The fourth-order valence-electron chi connectivity index (χ4n) is 2.91. The molecule has 1 heterocycles. The molecule has 2 N–H and O–H groups in total. The van der Waals surface area contributed by atoms with E-state index in [1.165, 1.54) is 17.7 Å². The lowest BCUT2D eigenvalue weighted by Gasteiger charge is -2.27. The van der Waals surface area contributed by atoms with Crippen molar-refractivity contribution in [3.8, 4) is 5.75 Å². The number of nitrogens with one attached hydrogen (secondary N) is 2. The van der Waals surface area contributed by atoms with Gasteiger partial charge < -0.3 is 15.4 Å². The van der Waals surface area contributed by atoms with Crippen molar-refractivity contribution in [2.45, 2.75) is 13.2 Å². The second-order valence-electron chi connectivity index (χ2n) is 6.44. The summed E-state index contributed by atoms with van der Waals surface area (Å²) >= 11 is 6.01. The smallest absolute Gasteiger partial charge is 0.124 e. The van der Waals surface area contributed by atoms with Gasteiger partial charge in [-0.3, -0.25) is 4.90 Å². The van der Waals surface area contributed by atoms with Crippen LogP contribution >= 0.6 is 11.6 Å². The normalized spacial score (nSPS) is 15.2. The highest BCUT2D eigenvalue weighted by atomic mass is 35.5. The van der Waals surface area contributed by atoms with Crippen LogP contribution in [-0.4, -0.2) is 44.2 Å². The van der Waals surface area contributed by atoms with Crippen LogP contribution in [0.15, 0.2) is 42.5 Å². The summed E-state index contributed by atoms with van der Waals surface area (Å²) in [7, 11) is 0. The van der Waals surface area contributed by atoms with Crippen LogP contribution in [0.3, 0.4) is 0 Å². The number of ether oxygens (including phenoxy) is 1. The predicted octanol–water partition coefficient (Wildman–Crippen LogP) is 3.05. The maximum atomic E-state index is 13.1. The van der Waals surface area contributed by atoms with Crippen LogP contribution < -0.4 is 15.4 Å². The lowest BCUT2D eigenvalue weighted by atomic mass is 10.2. The van der Waals surface area contributed by atoms with E-state index < -0.39 is 0 Å². The molecule has 0 saturated carbocycles. The Morgan fingerprint density at radius 3 is 2.62 bits per heavy atom. The van der Waals surface area contributed by atoms with E-state index in [2.05, 4.69) is 27.7 Å². The van der Waals surface area contributed by atoms with Crippen molar-refractivity contribution in [2.75, 3.05) is 39.3 Å². The van der Waals surface area contributed by atoms with Gasteiger partial charge in [0.1, 0.15) is 18.2 Å². The molecule has 0 amide bonds. The molecule has 1 fully saturated rings. The Bertz CT molecular complexity index is 690. The molecule has 0 spiro atoms. The summed E-state index contributed by atoms with van der Waals surface area (Å²) in [5.74, 6) is 0.433. The maximum Gasteiger partial charge on any atom is 0.124 e. The summed E-state index contributed by atoms with van der Waals surface area (Å²) in [6.45, 7) is 7.67. The van der Waals surface area contributed by atoms with E-state index in [-0.39, 0.29) is 5.82 Å². The van der Waals surface area contributed by atoms with Crippen molar-refractivity contribution in [3.05, 3.63) is 64.4 Å². The van der Waals surface area contributed by atoms with E-state index >= 15 is 0 Å². The quantitative estimate of drug-likeness (QED) is 0.693. The highest BCUT2D eigenvalue weighted by Crippen LogP contribution is 2.20. The average molecular weight is 378 g/mol. The zero-order chi connectivity index (χ0) is 18.2. The van der Waals surface area contributed by atoms with Gasteiger partial charge in [0.05, 0.1) is 5.02 Å². The fourth-order valence-corrected chi connectivity index (χ4v) is 3.13. The standard InChI is InChI=1S/C20H25ClFN3O/c21-20-13-18(22)4-3-17(20)15-26-19-5-1-16(2-6-19)14-24-9-12-25-10-7-23-8-11-25/h1-6,13,23-24H,7-12,14-15H2. The number of rotatable bonds is 8. The first kappa shape index (κ1) is 19.1. The number of hydrogen-bond acceptors (Lipinski definition) is 4. The van der Waals surface area contributed by atoms with Gasteiger partial charge in [0.15, 0.2) is 0 Å². The molecule has 2 aromatic rings. The summed E-state index contributed by atoms with van der Waals surface area (Å²) in [4.78, 5) is 2.47. The van der Waals surface area contributed by atoms with Crippen LogP contribution in [-0.2, 0) is 13.2 Å². The maximum absolute atomic E-state index is 13.1. The fraction of sp³-hybridized carbons (Fsp3) is 0.400. The first-order valence-corrected chi connectivity index (χ1v) is 9.38. The third-order valence-electron chi connectivity index (χ3n) is 4.48. The Morgan fingerprint density at radius 2 is 1.88 bits per heavy atom. The largest absolute Gasteiger partial charge is 0.489 e. The van der Waals surface area contributed by atoms with Gasteiger partial charge >= 0.3 is 0 Å². The van der Waals surface area contributed by atoms with Crippen molar-refractivity contribution in [2.24, 2.45) is 0 Å². The third kappa shape index (κ3) is 5.95. The van der Waals surface area contributed by atoms with Gasteiger partial charge in [-0.1, -0.05) is 29.8 Å². The minimum absolute atomic E-state index is 0.321. The van der Waals surface area contributed by atoms with Gasteiger partial charge in [0.25, 0.3) is 0 Å². The monoisotopic (exact) mass is 377 g/mol. The molecule has 0 aromatic heterocycles. The molecular formula is C20H25ClFN3O. The topological polar surface area (TPSA) is 36.5 Å². The zero-order valence-corrected chi connectivity index (χ0v) is 15.6. The van der Waals surface area contributed by atoms with E-state index in [4.69, 9.17) is 16.3 Å². The van der Waals surface area contributed by atoms with Crippen molar-refractivity contribution < 1.29 is 9.13 Å². The van der Waals surface area contributed by atoms with Crippen LogP contribution in [0.4, 0.5) is 4.39 Å². The summed E-state index contributed by atoms with van der Waals surface area (Å²) < 4.78 is 18.8. The van der Waals surface area contributed by atoms with Crippen molar-refractivity contribution >= 4 is 11.6 Å². The van der Waals surface area contributed by atoms with Gasteiger partial charge in [0.2, 0.25) is 0 Å². The number of benzene rings is 2. The number of piperazine rings is 1. The first-order valence-electron chi connectivity index (χ1n) is 9.00. The predicted molar refractivity (Wildman–Crippen MR) is 103 cm³/mol. The molecular weight excluding hydrogens is 353 g/mol. The van der Waals surface area contributed by atoms with E-state index in [1.807, 2.05) is 12.1 Å². The average Bonchev–Trinajstić information content (AvgIpc) is 2.66. The minimum atomic E-state index is -0.340. The van der Waals surface area contributed by atoms with Gasteiger partial charge in [-0.2, -0.15) is 0 Å². The molecule has 2 aromatic carbocycles. The van der Waals surface area contributed by atoms with E-state index in [9.17, 15) is 4.39 Å². The van der Waals surface area contributed by atoms with Gasteiger partial charge in [-0.25, -0.2) is 4.39 Å². The highest BCUT2D eigenvalue weighted by molar-refractivity contribution is 6.31. The van der Waals surface area contributed by atoms with E-state index in [0.717, 1.165) is 57.1 Å². The van der Waals surface area contributed by atoms with Crippen LogP contribution in [0.1, 0.15) is 11.1 Å². The summed E-state index contributed by atoms with van der Waals surface area (Å²) in [5.41, 5.74) is 1.99.